The molecule has 2 atom stereocenters. The maximum absolute atomic E-state index is 14.9. The first-order valence-corrected chi connectivity index (χ1v) is 18.0. The number of benzene rings is 6. The third-order valence-electron chi connectivity index (χ3n) is 9.09. The van der Waals surface area contributed by atoms with E-state index in [9.17, 15) is 4.39 Å². The summed E-state index contributed by atoms with van der Waals surface area (Å²) in [6.07, 6.45) is -1.40. The van der Waals surface area contributed by atoms with E-state index in [1.807, 2.05) is 133 Å². The van der Waals surface area contributed by atoms with Crippen LogP contribution in [0.25, 0.3) is 11.1 Å². The molecule has 1 saturated heterocycles. The monoisotopic (exact) mass is 710 g/mol. The minimum atomic E-state index is -0.794. The third kappa shape index (κ3) is 9.57. The molecule has 0 saturated carbocycles. The van der Waals surface area contributed by atoms with Crippen molar-refractivity contribution >= 4 is 0 Å². The van der Waals surface area contributed by atoms with Crippen LogP contribution in [0.5, 0.6) is 11.5 Å². The zero-order chi connectivity index (χ0) is 36.2. The summed E-state index contributed by atoms with van der Waals surface area (Å²) < 4.78 is 53.7. The summed E-state index contributed by atoms with van der Waals surface area (Å²) in [4.78, 5) is 0. The Kier molecular flexibility index (Phi) is 12.2. The second-order valence-electron chi connectivity index (χ2n) is 12.9. The van der Waals surface area contributed by atoms with Crippen LogP contribution in [0.4, 0.5) is 4.39 Å². The lowest BCUT2D eigenvalue weighted by atomic mass is 9.90. The van der Waals surface area contributed by atoms with E-state index in [2.05, 4.69) is 6.92 Å². The predicted octanol–water partition coefficient (Wildman–Crippen LogP) is 10.2. The molecule has 0 bridgehead atoms. The molecule has 0 amide bonds. The maximum atomic E-state index is 14.9. The first-order chi connectivity index (χ1) is 26.1. The molecule has 6 nitrogen and oxygen atoms in total. The fourth-order valence-electron chi connectivity index (χ4n) is 6.48. The summed E-state index contributed by atoms with van der Waals surface area (Å²) in [5.74, 6) is 0.907. The average Bonchev–Trinajstić information content (AvgIpc) is 3.60. The van der Waals surface area contributed by atoms with Crippen LogP contribution in [-0.2, 0) is 58.2 Å². The largest absolute Gasteiger partial charge is 0.488 e. The molecule has 1 fully saturated rings. The van der Waals surface area contributed by atoms with Crippen molar-refractivity contribution in [2.24, 2.45) is 0 Å². The van der Waals surface area contributed by atoms with Gasteiger partial charge in [-0.15, -0.1) is 0 Å². The number of ether oxygens (including phenoxy) is 6. The van der Waals surface area contributed by atoms with Crippen molar-refractivity contribution in [1.82, 2.24) is 0 Å². The van der Waals surface area contributed by atoms with Gasteiger partial charge in [0.1, 0.15) is 30.5 Å². The van der Waals surface area contributed by atoms with E-state index in [1.165, 1.54) is 12.1 Å². The van der Waals surface area contributed by atoms with Crippen LogP contribution >= 0.6 is 0 Å². The lowest BCUT2D eigenvalue weighted by molar-refractivity contribution is -0.200. The SMILES string of the molecule is CCc1c(OCc2ccccc2)cc(OCc2ccccc2)c(-c2cccc(F)c2)c1CC1O[C@@H](OCc2ccccc2)[C@H](OCc2ccccc2)O1. The molecule has 6 aromatic rings. The number of rotatable bonds is 16. The Hall–Kier alpha value is -5.31. The first-order valence-electron chi connectivity index (χ1n) is 18.0. The van der Waals surface area contributed by atoms with E-state index >= 15 is 0 Å². The van der Waals surface area contributed by atoms with Gasteiger partial charge in [0.15, 0.2) is 6.29 Å². The molecule has 1 aliphatic heterocycles. The Labute approximate surface area is 310 Å². The van der Waals surface area contributed by atoms with Crippen LogP contribution in [0.3, 0.4) is 0 Å². The smallest absolute Gasteiger partial charge is 0.212 e. The van der Waals surface area contributed by atoms with Gasteiger partial charge in [-0.3, -0.25) is 0 Å². The highest BCUT2D eigenvalue weighted by Crippen LogP contribution is 2.43. The molecule has 0 spiro atoms. The highest BCUT2D eigenvalue weighted by atomic mass is 19.1. The molecule has 0 aliphatic carbocycles. The van der Waals surface area contributed by atoms with Crippen molar-refractivity contribution in [3.8, 4) is 22.6 Å². The molecular weight excluding hydrogens is 667 g/mol. The van der Waals surface area contributed by atoms with Crippen LogP contribution in [0, 0.1) is 5.82 Å². The predicted molar refractivity (Wildman–Crippen MR) is 202 cm³/mol. The van der Waals surface area contributed by atoms with Gasteiger partial charge in [-0.1, -0.05) is 140 Å². The van der Waals surface area contributed by atoms with E-state index in [1.54, 1.807) is 6.07 Å². The lowest BCUT2D eigenvalue weighted by Gasteiger charge is -2.24. The van der Waals surface area contributed by atoms with Crippen LogP contribution in [0.2, 0.25) is 0 Å². The van der Waals surface area contributed by atoms with Crippen LogP contribution in [0.15, 0.2) is 152 Å². The van der Waals surface area contributed by atoms with Gasteiger partial charge >= 0.3 is 0 Å². The Morgan fingerprint density at radius 3 is 1.45 bits per heavy atom. The van der Waals surface area contributed by atoms with E-state index in [-0.39, 0.29) is 5.82 Å². The molecule has 7 heteroatoms. The van der Waals surface area contributed by atoms with Crippen LogP contribution < -0.4 is 9.47 Å². The Morgan fingerprint density at radius 1 is 0.509 bits per heavy atom. The van der Waals surface area contributed by atoms with Gasteiger partial charge in [-0.05, 0) is 57.5 Å². The van der Waals surface area contributed by atoms with Gasteiger partial charge in [-0.2, -0.15) is 0 Å². The van der Waals surface area contributed by atoms with Crippen molar-refractivity contribution in [3.05, 3.63) is 191 Å². The lowest BCUT2D eigenvalue weighted by Crippen LogP contribution is -2.28. The van der Waals surface area contributed by atoms with Crippen molar-refractivity contribution in [2.75, 3.05) is 0 Å². The minimum absolute atomic E-state index is 0.301. The van der Waals surface area contributed by atoms with E-state index < -0.39 is 18.9 Å². The molecule has 0 N–H and O–H groups in total. The summed E-state index contributed by atoms with van der Waals surface area (Å²) in [5.41, 5.74) is 7.32. The highest BCUT2D eigenvalue weighted by molar-refractivity contribution is 5.77. The van der Waals surface area contributed by atoms with Crippen molar-refractivity contribution in [2.45, 2.75) is 65.1 Å². The topological polar surface area (TPSA) is 55.4 Å². The number of halogens is 1. The summed E-state index contributed by atoms with van der Waals surface area (Å²) in [7, 11) is 0. The van der Waals surface area contributed by atoms with Crippen molar-refractivity contribution < 1.29 is 32.8 Å². The number of hydrogen-bond acceptors (Lipinski definition) is 6. The van der Waals surface area contributed by atoms with Crippen LogP contribution in [-0.4, -0.2) is 18.9 Å². The molecule has 0 aromatic heterocycles. The van der Waals surface area contributed by atoms with Gasteiger partial charge < -0.3 is 28.4 Å². The van der Waals surface area contributed by atoms with E-state index in [0.29, 0.717) is 56.3 Å². The van der Waals surface area contributed by atoms with Crippen molar-refractivity contribution in [1.29, 1.82) is 0 Å². The molecule has 6 aromatic carbocycles. The van der Waals surface area contributed by atoms with Gasteiger partial charge in [-0.25, -0.2) is 4.39 Å². The Morgan fingerprint density at radius 2 is 0.981 bits per heavy atom. The summed E-state index contributed by atoms with van der Waals surface area (Å²) in [6, 6.07) is 48.4. The Bertz CT molecular complexity index is 1970. The minimum Gasteiger partial charge on any atom is -0.488 e. The highest BCUT2D eigenvalue weighted by Gasteiger charge is 2.39. The van der Waals surface area contributed by atoms with Crippen LogP contribution in [0.1, 0.15) is 40.3 Å². The van der Waals surface area contributed by atoms with Gasteiger partial charge in [0.05, 0.1) is 13.2 Å². The zero-order valence-electron chi connectivity index (χ0n) is 29.7. The molecular formula is C46H43FO6. The fourth-order valence-corrected chi connectivity index (χ4v) is 6.48. The third-order valence-corrected chi connectivity index (χ3v) is 9.09. The van der Waals surface area contributed by atoms with E-state index in [4.69, 9.17) is 28.4 Å². The normalized spacial score (nSPS) is 15.7. The molecule has 0 unspecified atom stereocenters. The summed E-state index contributed by atoms with van der Waals surface area (Å²) >= 11 is 0. The first kappa shape index (κ1) is 36.1. The fraction of sp³-hybridized carbons (Fsp3) is 0.217. The second kappa shape index (κ2) is 17.9. The van der Waals surface area contributed by atoms with E-state index in [0.717, 1.165) is 38.9 Å². The molecule has 0 radical (unpaired) electrons. The van der Waals surface area contributed by atoms with Gasteiger partial charge in [0, 0.05) is 18.1 Å². The molecule has 270 valence electrons. The van der Waals surface area contributed by atoms with Gasteiger partial charge in [0.25, 0.3) is 0 Å². The molecule has 1 aliphatic rings. The summed E-state index contributed by atoms with van der Waals surface area (Å²) in [6.45, 7) is 3.41. The quantitative estimate of drug-likeness (QED) is 0.0997. The summed E-state index contributed by atoms with van der Waals surface area (Å²) in [5, 5.41) is 0. The van der Waals surface area contributed by atoms with Gasteiger partial charge in [0.2, 0.25) is 12.6 Å². The number of hydrogen-bond donors (Lipinski definition) is 0. The molecule has 1 heterocycles. The standard InChI is InChI=1S/C46H43FO6/c1-2-39-40(27-43-52-45(50-31-35-20-11-5-12-21-35)46(53-43)51-32-36-22-13-6-14-23-36)44(37-24-15-25-38(47)26-37)42(49-30-34-18-9-4-10-19-34)28-41(39)48-29-33-16-7-3-8-17-33/h3-26,28,43,45-46H,2,27,29-32H2,1H3/t45-,46-/m1/s1. The molecule has 53 heavy (non-hydrogen) atoms. The van der Waals surface area contributed by atoms with Crippen molar-refractivity contribution in [3.63, 3.8) is 0 Å². The molecule has 7 rings (SSSR count). The average molecular weight is 711 g/mol. The second-order valence-corrected chi connectivity index (χ2v) is 12.9. The zero-order valence-corrected chi connectivity index (χ0v) is 29.7. The maximum Gasteiger partial charge on any atom is 0.212 e. The Balaban J connectivity index is 1.25.